The van der Waals surface area contributed by atoms with Crippen molar-refractivity contribution in [2.75, 3.05) is 6.61 Å². The highest BCUT2D eigenvalue weighted by Gasteiger charge is 2.45. The number of carbonyl (C=O) groups excluding carboxylic acids is 1. The summed E-state index contributed by atoms with van der Waals surface area (Å²) in [6.45, 7) is 13.2. The summed E-state index contributed by atoms with van der Waals surface area (Å²) in [5.41, 5.74) is 0.332. The molecule has 0 amide bonds. The summed E-state index contributed by atoms with van der Waals surface area (Å²) in [7, 11) is 0. The van der Waals surface area contributed by atoms with Gasteiger partial charge in [-0.3, -0.25) is 4.85 Å². The lowest BCUT2D eigenvalue weighted by Gasteiger charge is -2.17. The summed E-state index contributed by atoms with van der Waals surface area (Å²) in [5.74, 6) is -0.531. The van der Waals surface area contributed by atoms with Crippen molar-refractivity contribution in [3.63, 3.8) is 0 Å². The lowest BCUT2D eigenvalue weighted by Crippen LogP contribution is -2.35. The highest BCUT2D eigenvalue weighted by atomic mass is 16.5. The van der Waals surface area contributed by atoms with E-state index in [1.807, 2.05) is 37.3 Å². The Morgan fingerprint density at radius 2 is 2.00 bits per heavy atom. The Kier molecular flexibility index (Phi) is 6.48. The first-order valence-corrected chi connectivity index (χ1v) is 6.99. The molecule has 0 aromatic heterocycles. The van der Waals surface area contributed by atoms with Crippen LogP contribution in [0.15, 0.2) is 42.2 Å². The summed E-state index contributed by atoms with van der Waals surface area (Å²) in [6.07, 6.45) is 2.06. The topological polar surface area (TPSA) is 39.9 Å². The van der Waals surface area contributed by atoms with Crippen LogP contribution in [0.25, 0.3) is 4.85 Å². The first-order chi connectivity index (χ1) is 10.1. The van der Waals surface area contributed by atoms with E-state index >= 15 is 0 Å². The molecule has 0 fully saturated rings. The Morgan fingerprint density at radius 3 is 2.52 bits per heavy atom. The molecule has 0 N–H and O–H groups in total. The van der Waals surface area contributed by atoms with Crippen LogP contribution in [-0.4, -0.2) is 18.1 Å². The van der Waals surface area contributed by atoms with Crippen LogP contribution in [0.3, 0.4) is 0 Å². The van der Waals surface area contributed by atoms with E-state index in [9.17, 15) is 4.79 Å². The van der Waals surface area contributed by atoms with Crippen molar-refractivity contribution < 1.29 is 14.3 Å². The summed E-state index contributed by atoms with van der Waals surface area (Å²) in [5, 5.41) is 0. The monoisotopic (exact) mass is 287 g/mol. The maximum absolute atomic E-state index is 12.0. The van der Waals surface area contributed by atoms with Gasteiger partial charge in [0.05, 0.1) is 18.4 Å². The van der Waals surface area contributed by atoms with Crippen molar-refractivity contribution >= 4 is 5.97 Å². The molecule has 1 unspecified atom stereocenters. The zero-order chi connectivity index (χ0) is 15.7. The van der Waals surface area contributed by atoms with Crippen LogP contribution < -0.4 is 0 Å². The third-order valence-corrected chi connectivity index (χ3v) is 3.22. The highest BCUT2D eigenvalue weighted by molar-refractivity contribution is 5.86. The third kappa shape index (κ3) is 4.35. The Hall–Kier alpha value is -2.28. The van der Waals surface area contributed by atoms with Crippen LogP contribution in [0.2, 0.25) is 0 Å². The van der Waals surface area contributed by atoms with E-state index < -0.39 is 11.5 Å². The van der Waals surface area contributed by atoms with Crippen LogP contribution in [0.4, 0.5) is 0 Å². The standard InChI is InChI=1S/C17H21NO3/c1-5-15(17(3,18-4)16(19)21-6-2)13-20-12-14-10-8-7-9-11-14/h7-11,13H,5-6,12H2,1-3H3/b15-13-. The fourth-order valence-electron chi connectivity index (χ4n) is 1.88. The van der Waals surface area contributed by atoms with E-state index in [0.29, 0.717) is 18.6 Å². The molecule has 21 heavy (non-hydrogen) atoms. The Balaban J connectivity index is 2.82. The molecule has 1 aromatic carbocycles. The molecule has 0 saturated heterocycles. The summed E-state index contributed by atoms with van der Waals surface area (Å²) in [4.78, 5) is 15.5. The van der Waals surface area contributed by atoms with Crippen molar-refractivity contribution in [2.24, 2.45) is 0 Å². The number of hydrogen-bond acceptors (Lipinski definition) is 3. The van der Waals surface area contributed by atoms with E-state index in [-0.39, 0.29) is 6.61 Å². The quantitative estimate of drug-likeness (QED) is 0.436. The molecule has 112 valence electrons. The molecule has 0 spiro atoms. The second kappa shape index (κ2) is 8.11. The average Bonchev–Trinajstić information content (AvgIpc) is 2.52. The number of carbonyl (C=O) groups is 1. The molecule has 0 aliphatic heterocycles. The van der Waals surface area contributed by atoms with Gasteiger partial charge in [0.2, 0.25) is 0 Å². The molecule has 1 atom stereocenters. The molecule has 0 radical (unpaired) electrons. The number of ether oxygens (including phenoxy) is 2. The molecule has 1 aromatic rings. The van der Waals surface area contributed by atoms with Crippen LogP contribution in [0.5, 0.6) is 0 Å². The van der Waals surface area contributed by atoms with Crippen molar-refractivity contribution in [1.82, 2.24) is 0 Å². The number of esters is 1. The molecular formula is C17H21NO3. The fourth-order valence-corrected chi connectivity index (χ4v) is 1.88. The van der Waals surface area contributed by atoms with Crippen molar-refractivity contribution in [3.8, 4) is 0 Å². The molecule has 4 heteroatoms. The van der Waals surface area contributed by atoms with Crippen molar-refractivity contribution in [3.05, 3.63) is 59.1 Å². The van der Waals surface area contributed by atoms with Gasteiger partial charge in [-0.05, 0) is 18.9 Å². The van der Waals surface area contributed by atoms with Gasteiger partial charge >= 0.3 is 11.5 Å². The average molecular weight is 287 g/mol. The normalized spacial score (nSPS) is 13.9. The third-order valence-electron chi connectivity index (χ3n) is 3.22. The molecule has 0 bridgehead atoms. The summed E-state index contributed by atoms with van der Waals surface area (Å²) >= 11 is 0. The van der Waals surface area contributed by atoms with Crippen LogP contribution >= 0.6 is 0 Å². The minimum atomic E-state index is -1.32. The predicted molar refractivity (Wildman–Crippen MR) is 81.2 cm³/mol. The van der Waals surface area contributed by atoms with Gasteiger partial charge in [-0.25, -0.2) is 11.4 Å². The van der Waals surface area contributed by atoms with Gasteiger partial charge in [0.1, 0.15) is 6.61 Å². The smallest absolute Gasteiger partial charge is 0.397 e. The van der Waals surface area contributed by atoms with Crippen LogP contribution in [0, 0.1) is 6.57 Å². The first-order valence-electron chi connectivity index (χ1n) is 6.99. The largest absolute Gasteiger partial charge is 0.496 e. The number of hydrogen-bond donors (Lipinski definition) is 0. The fraction of sp³-hybridized carbons (Fsp3) is 0.412. The highest BCUT2D eigenvalue weighted by Crippen LogP contribution is 2.26. The van der Waals surface area contributed by atoms with Gasteiger partial charge in [0, 0.05) is 6.92 Å². The Labute approximate surface area is 126 Å². The van der Waals surface area contributed by atoms with E-state index in [4.69, 9.17) is 16.0 Å². The molecule has 0 aliphatic carbocycles. The maximum atomic E-state index is 12.0. The number of benzene rings is 1. The van der Waals surface area contributed by atoms with Crippen molar-refractivity contribution in [1.29, 1.82) is 0 Å². The number of nitrogens with zero attached hydrogens (tertiary/aromatic N) is 1. The summed E-state index contributed by atoms with van der Waals surface area (Å²) in [6, 6.07) is 9.72. The van der Waals surface area contributed by atoms with Crippen molar-refractivity contribution in [2.45, 2.75) is 39.3 Å². The lowest BCUT2D eigenvalue weighted by molar-refractivity contribution is -0.146. The molecule has 4 nitrogen and oxygen atoms in total. The minimum Gasteiger partial charge on any atom is -0.496 e. The molecule has 1 rings (SSSR count). The van der Waals surface area contributed by atoms with Crippen LogP contribution in [-0.2, 0) is 20.9 Å². The number of rotatable bonds is 7. The second-order valence-corrected chi connectivity index (χ2v) is 4.70. The van der Waals surface area contributed by atoms with E-state index in [2.05, 4.69) is 4.85 Å². The zero-order valence-electron chi connectivity index (χ0n) is 12.8. The van der Waals surface area contributed by atoms with E-state index in [1.54, 1.807) is 13.8 Å². The maximum Gasteiger partial charge on any atom is 0.397 e. The molecular weight excluding hydrogens is 266 g/mol. The van der Waals surface area contributed by atoms with E-state index in [0.717, 1.165) is 5.56 Å². The molecule has 0 heterocycles. The van der Waals surface area contributed by atoms with E-state index in [1.165, 1.54) is 6.26 Å². The molecule has 0 saturated carbocycles. The van der Waals surface area contributed by atoms with Gasteiger partial charge < -0.3 is 9.47 Å². The van der Waals surface area contributed by atoms with Gasteiger partial charge in [0.25, 0.3) is 0 Å². The second-order valence-electron chi connectivity index (χ2n) is 4.70. The summed E-state index contributed by atoms with van der Waals surface area (Å²) < 4.78 is 10.5. The first kappa shape index (κ1) is 16.8. The molecule has 0 aliphatic rings. The zero-order valence-corrected chi connectivity index (χ0v) is 12.8. The lowest BCUT2D eigenvalue weighted by atomic mass is 9.91. The predicted octanol–water partition coefficient (Wildman–Crippen LogP) is 3.74. The van der Waals surface area contributed by atoms with Gasteiger partial charge in [0.15, 0.2) is 0 Å². The van der Waals surface area contributed by atoms with Crippen LogP contribution in [0.1, 0.15) is 32.8 Å². The Morgan fingerprint density at radius 1 is 1.33 bits per heavy atom. The SMILES string of the molecule is [C-]#[N+]C(C)(C(=O)OCC)/C(=C\OCc1ccccc1)CC. The minimum absolute atomic E-state index is 0.256. The van der Waals surface area contributed by atoms with Gasteiger partial charge in [-0.1, -0.05) is 37.3 Å². The van der Waals surface area contributed by atoms with Gasteiger partial charge in [-0.15, -0.1) is 0 Å². The Bertz CT molecular complexity index is 531. The van der Waals surface area contributed by atoms with Gasteiger partial charge in [-0.2, -0.15) is 0 Å².